The van der Waals surface area contributed by atoms with Gasteiger partial charge in [-0.2, -0.15) is 4.31 Å². The standard InChI is InChI=1S/C11H18N4O2S2/c1-11(10(12)18)3-5-15(6-4-11)19(16,17)9-7-14(2)8-13-9/h7-8H,3-6H2,1-2H3,(H2,12,18). The van der Waals surface area contributed by atoms with E-state index in [-0.39, 0.29) is 10.4 Å². The van der Waals surface area contributed by atoms with E-state index in [1.165, 1.54) is 16.8 Å². The average Bonchev–Trinajstić information content (AvgIpc) is 2.77. The van der Waals surface area contributed by atoms with Crippen LogP contribution in [0.2, 0.25) is 0 Å². The quantitative estimate of drug-likeness (QED) is 0.822. The van der Waals surface area contributed by atoms with Crippen LogP contribution in [0.5, 0.6) is 0 Å². The Morgan fingerprint density at radius 3 is 2.47 bits per heavy atom. The normalized spacial score (nSPS) is 20.3. The molecule has 1 aromatic heterocycles. The molecule has 0 aromatic carbocycles. The Hall–Kier alpha value is -0.990. The van der Waals surface area contributed by atoms with Crippen molar-refractivity contribution in [1.82, 2.24) is 13.9 Å². The first-order valence-corrected chi connectivity index (χ1v) is 7.88. The molecule has 0 radical (unpaired) electrons. The van der Waals surface area contributed by atoms with Gasteiger partial charge >= 0.3 is 0 Å². The van der Waals surface area contributed by atoms with Gasteiger partial charge in [0.1, 0.15) is 0 Å². The summed E-state index contributed by atoms with van der Waals surface area (Å²) < 4.78 is 27.8. The Morgan fingerprint density at radius 2 is 2.05 bits per heavy atom. The van der Waals surface area contributed by atoms with E-state index in [1.807, 2.05) is 6.92 Å². The molecule has 1 aliphatic heterocycles. The summed E-state index contributed by atoms with van der Waals surface area (Å²) in [5.41, 5.74) is 5.47. The second-order valence-corrected chi connectivity index (χ2v) is 7.53. The topological polar surface area (TPSA) is 81.2 Å². The van der Waals surface area contributed by atoms with E-state index < -0.39 is 10.0 Å². The number of nitrogens with zero attached hydrogens (tertiary/aromatic N) is 3. The maximum atomic E-state index is 12.4. The fourth-order valence-corrected chi connectivity index (χ4v) is 3.73. The first kappa shape index (κ1) is 14.4. The Morgan fingerprint density at radius 1 is 1.47 bits per heavy atom. The van der Waals surface area contributed by atoms with Gasteiger partial charge in [0.15, 0.2) is 5.03 Å². The van der Waals surface area contributed by atoms with Crippen LogP contribution in [0.25, 0.3) is 0 Å². The lowest BCUT2D eigenvalue weighted by Crippen LogP contribution is -2.46. The second kappa shape index (κ2) is 4.84. The summed E-state index contributed by atoms with van der Waals surface area (Å²) in [6, 6.07) is 0. The van der Waals surface area contributed by atoms with Crippen LogP contribution in [-0.4, -0.2) is 40.4 Å². The molecule has 19 heavy (non-hydrogen) atoms. The molecule has 2 rings (SSSR count). The molecule has 106 valence electrons. The molecule has 0 unspecified atom stereocenters. The summed E-state index contributed by atoms with van der Waals surface area (Å²) in [4.78, 5) is 4.38. The third-order valence-corrected chi connectivity index (χ3v) is 5.98. The molecule has 0 spiro atoms. The van der Waals surface area contributed by atoms with Crippen LogP contribution in [0.15, 0.2) is 17.6 Å². The Kier molecular flexibility index (Phi) is 3.67. The minimum atomic E-state index is -3.50. The number of sulfonamides is 1. The molecule has 2 N–H and O–H groups in total. The number of thiocarbonyl (C=S) groups is 1. The predicted octanol–water partition coefficient (Wildman–Crippen LogP) is 0.497. The molecular formula is C11H18N4O2S2. The highest BCUT2D eigenvalue weighted by molar-refractivity contribution is 7.89. The Bertz CT molecular complexity index is 586. The Balaban J connectivity index is 2.16. The highest BCUT2D eigenvalue weighted by Gasteiger charge is 2.37. The van der Waals surface area contributed by atoms with Crippen molar-refractivity contribution < 1.29 is 8.42 Å². The van der Waals surface area contributed by atoms with Gasteiger partial charge in [-0.1, -0.05) is 19.1 Å². The first-order valence-electron chi connectivity index (χ1n) is 6.04. The number of rotatable bonds is 3. The average molecular weight is 302 g/mol. The van der Waals surface area contributed by atoms with Crippen molar-refractivity contribution in [2.45, 2.75) is 24.8 Å². The summed E-state index contributed by atoms with van der Waals surface area (Å²) >= 11 is 5.05. The van der Waals surface area contributed by atoms with E-state index in [4.69, 9.17) is 18.0 Å². The molecule has 2 heterocycles. The number of nitrogens with two attached hydrogens (primary N) is 1. The fourth-order valence-electron chi connectivity index (χ4n) is 2.12. The molecule has 0 bridgehead atoms. The minimum Gasteiger partial charge on any atom is -0.393 e. The van der Waals surface area contributed by atoms with Gasteiger partial charge in [-0.05, 0) is 12.8 Å². The zero-order chi connectivity index (χ0) is 14.3. The van der Waals surface area contributed by atoms with Gasteiger partial charge in [-0.15, -0.1) is 0 Å². The van der Waals surface area contributed by atoms with E-state index in [0.29, 0.717) is 30.9 Å². The van der Waals surface area contributed by atoms with E-state index in [0.717, 1.165) is 0 Å². The van der Waals surface area contributed by atoms with Gasteiger partial charge in [-0.3, -0.25) is 0 Å². The molecule has 8 heteroatoms. The number of piperidine rings is 1. The van der Waals surface area contributed by atoms with Crippen molar-refractivity contribution in [2.24, 2.45) is 18.2 Å². The van der Waals surface area contributed by atoms with Gasteiger partial charge in [0, 0.05) is 31.7 Å². The summed E-state index contributed by atoms with van der Waals surface area (Å²) in [6.07, 6.45) is 4.29. The molecule has 0 aliphatic carbocycles. The highest BCUT2D eigenvalue weighted by atomic mass is 32.2. The molecule has 0 saturated carbocycles. The summed E-state index contributed by atoms with van der Waals surface area (Å²) in [7, 11) is -1.76. The third kappa shape index (κ3) is 2.65. The van der Waals surface area contributed by atoms with Crippen LogP contribution >= 0.6 is 12.2 Å². The SMILES string of the molecule is Cn1cnc(S(=O)(=O)N2CCC(C)(C(N)=S)CC2)c1. The summed E-state index contributed by atoms with van der Waals surface area (Å²) in [6.45, 7) is 2.83. The predicted molar refractivity (Wildman–Crippen MR) is 76.1 cm³/mol. The van der Waals surface area contributed by atoms with Gasteiger partial charge < -0.3 is 10.3 Å². The molecule has 6 nitrogen and oxygen atoms in total. The van der Waals surface area contributed by atoms with Crippen LogP contribution in [0.1, 0.15) is 19.8 Å². The zero-order valence-corrected chi connectivity index (χ0v) is 12.7. The van der Waals surface area contributed by atoms with Gasteiger partial charge in [0.25, 0.3) is 10.0 Å². The van der Waals surface area contributed by atoms with Crippen LogP contribution in [0.4, 0.5) is 0 Å². The van der Waals surface area contributed by atoms with Crippen LogP contribution in [-0.2, 0) is 17.1 Å². The van der Waals surface area contributed by atoms with E-state index in [9.17, 15) is 8.42 Å². The molecule has 1 aromatic rings. The summed E-state index contributed by atoms with van der Waals surface area (Å²) in [5.74, 6) is 0. The smallest absolute Gasteiger partial charge is 0.262 e. The monoisotopic (exact) mass is 302 g/mol. The lowest BCUT2D eigenvalue weighted by atomic mass is 9.81. The number of hydrogen-bond donors (Lipinski definition) is 1. The maximum Gasteiger partial charge on any atom is 0.262 e. The van der Waals surface area contributed by atoms with Crippen molar-refractivity contribution in [2.75, 3.05) is 13.1 Å². The first-order chi connectivity index (χ1) is 8.75. The minimum absolute atomic E-state index is 0.0916. The van der Waals surface area contributed by atoms with Crippen LogP contribution in [0.3, 0.4) is 0 Å². The lowest BCUT2D eigenvalue weighted by molar-refractivity contribution is 0.243. The second-order valence-electron chi connectivity index (χ2n) is 5.21. The molecule has 1 saturated heterocycles. The van der Waals surface area contributed by atoms with Crippen molar-refractivity contribution >= 4 is 27.2 Å². The van der Waals surface area contributed by atoms with Gasteiger partial charge in [0.05, 0.1) is 11.3 Å². The molecular weight excluding hydrogens is 284 g/mol. The number of imidazole rings is 1. The number of aromatic nitrogens is 2. The van der Waals surface area contributed by atoms with Crippen molar-refractivity contribution in [1.29, 1.82) is 0 Å². The fraction of sp³-hybridized carbons (Fsp3) is 0.636. The maximum absolute atomic E-state index is 12.4. The molecule has 1 fully saturated rings. The zero-order valence-electron chi connectivity index (χ0n) is 11.0. The van der Waals surface area contributed by atoms with E-state index >= 15 is 0 Å². The Labute approximate surface area is 118 Å². The van der Waals surface area contributed by atoms with E-state index in [2.05, 4.69) is 4.98 Å². The van der Waals surface area contributed by atoms with E-state index in [1.54, 1.807) is 11.6 Å². The van der Waals surface area contributed by atoms with Crippen LogP contribution < -0.4 is 5.73 Å². The van der Waals surface area contributed by atoms with Crippen LogP contribution in [0, 0.1) is 5.41 Å². The summed E-state index contributed by atoms with van der Waals surface area (Å²) in [5, 5.41) is 0.0916. The van der Waals surface area contributed by atoms with Crippen molar-refractivity contribution in [3.63, 3.8) is 0 Å². The third-order valence-electron chi connectivity index (χ3n) is 3.71. The number of hydrogen-bond acceptors (Lipinski definition) is 4. The van der Waals surface area contributed by atoms with Gasteiger partial charge in [0.2, 0.25) is 0 Å². The van der Waals surface area contributed by atoms with Crippen molar-refractivity contribution in [3.8, 4) is 0 Å². The highest BCUT2D eigenvalue weighted by Crippen LogP contribution is 2.33. The van der Waals surface area contributed by atoms with Crippen molar-refractivity contribution in [3.05, 3.63) is 12.5 Å². The van der Waals surface area contributed by atoms with Gasteiger partial charge in [-0.25, -0.2) is 13.4 Å². The molecule has 0 amide bonds. The molecule has 0 atom stereocenters. The largest absolute Gasteiger partial charge is 0.393 e. The lowest BCUT2D eigenvalue weighted by Gasteiger charge is -2.37. The molecule has 1 aliphatic rings. The number of aryl methyl sites for hydroxylation is 1.